The van der Waals surface area contributed by atoms with Gasteiger partial charge in [0.25, 0.3) is 5.91 Å². The highest BCUT2D eigenvalue weighted by Crippen LogP contribution is 2.31. The van der Waals surface area contributed by atoms with Crippen LogP contribution in [0.15, 0.2) is 24.3 Å². The SMILES string of the molecule is O=C(NCC1CCCC1C(=O)O)c1cccc(F)c1. The molecule has 0 spiro atoms. The van der Waals surface area contributed by atoms with Gasteiger partial charge in [0.05, 0.1) is 5.92 Å². The minimum absolute atomic E-state index is 0.0324. The van der Waals surface area contributed by atoms with Crippen LogP contribution in [0.3, 0.4) is 0 Å². The van der Waals surface area contributed by atoms with Gasteiger partial charge in [-0.3, -0.25) is 9.59 Å². The number of amides is 1. The molecule has 2 N–H and O–H groups in total. The van der Waals surface area contributed by atoms with Gasteiger partial charge in [-0.05, 0) is 37.0 Å². The average molecular weight is 265 g/mol. The topological polar surface area (TPSA) is 66.4 Å². The predicted molar refractivity (Wildman–Crippen MR) is 67.2 cm³/mol. The maximum Gasteiger partial charge on any atom is 0.306 e. The molecule has 1 aliphatic rings. The molecule has 2 rings (SSSR count). The molecule has 0 aromatic heterocycles. The van der Waals surface area contributed by atoms with Gasteiger partial charge in [-0.2, -0.15) is 0 Å². The quantitative estimate of drug-likeness (QED) is 0.875. The summed E-state index contributed by atoms with van der Waals surface area (Å²) in [6.45, 7) is 0.326. The zero-order valence-electron chi connectivity index (χ0n) is 10.4. The van der Waals surface area contributed by atoms with Crippen LogP contribution in [0, 0.1) is 17.7 Å². The van der Waals surface area contributed by atoms with E-state index in [1.165, 1.54) is 24.3 Å². The molecule has 102 valence electrons. The second-order valence-electron chi connectivity index (χ2n) is 4.86. The van der Waals surface area contributed by atoms with E-state index in [-0.39, 0.29) is 23.3 Å². The minimum Gasteiger partial charge on any atom is -0.481 e. The number of nitrogens with one attached hydrogen (secondary N) is 1. The number of carboxylic acid groups (broad SMARTS) is 1. The molecular formula is C14H16FNO3. The van der Waals surface area contributed by atoms with Crippen molar-refractivity contribution in [1.29, 1.82) is 0 Å². The molecule has 2 unspecified atom stereocenters. The van der Waals surface area contributed by atoms with Crippen molar-refractivity contribution >= 4 is 11.9 Å². The van der Waals surface area contributed by atoms with Crippen molar-refractivity contribution in [3.8, 4) is 0 Å². The molecule has 5 heteroatoms. The molecule has 19 heavy (non-hydrogen) atoms. The molecule has 1 fully saturated rings. The Bertz CT molecular complexity index is 489. The summed E-state index contributed by atoms with van der Waals surface area (Å²) in [5.74, 6) is -2.04. The Morgan fingerprint density at radius 1 is 1.37 bits per heavy atom. The third kappa shape index (κ3) is 3.30. The standard InChI is InChI=1S/C14H16FNO3/c15-11-5-1-3-9(7-11)13(17)16-8-10-4-2-6-12(10)14(18)19/h1,3,5,7,10,12H,2,4,6,8H2,(H,16,17)(H,18,19). The number of carboxylic acids is 1. The Hall–Kier alpha value is -1.91. The summed E-state index contributed by atoms with van der Waals surface area (Å²) in [4.78, 5) is 22.8. The Labute approximate surface area is 110 Å². The van der Waals surface area contributed by atoms with Gasteiger partial charge in [0, 0.05) is 12.1 Å². The lowest BCUT2D eigenvalue weighted by Gasteiger charge is -2.16. The van der Waals surface area contributed by atoms with Crippen molar-refractivity contribution in [2.45, 2.75) is 19.3 Å². The molecular weight excluding hydrogens is 249 g/mol. The highest BCUT2D eigenvalue weighted by Gasteiger charge is 2.32. The Morgan fingerprint density at radius 2 is 2.16 bits per heavy atom. The molecule has 1 saturated carbocycles. The lowest BCUT2D eigenvalue weighted by atomic mass is 9.96. The first-order valence-electron chi connectivity index (χ1n) is 6.34. The summed E-state index contributed by atoms with van der Waals surface area (Å²) in [6, 6.07) is 5.44. The second-order valence-corrected chi connectivity index (χ2v) is 4.86. The van der Waals surface area contributed by atoms with Crippen molar-refractivity contribution in [3.05, 3.63) is 35.6 Å². The van der Waals surface area contributed by atoms with E-state index < -0.39 is 11.8 Å². The van der Waals surface area contributed by atoms with Crippen molar-refractivity contribution in [1.82, 2.24) is 5.32 Å². The van der Waals surface area contributed by atoms with Gasteiger partial charge >= 0.3 is 5.97 Å². The largest absolute Gasteiger partial charge is 0.481 e. The second kappa shape index (κ2) is 5.82. The van der Waals surface area contributed by atoms with Crippen molar-refractivity contribution in [2.24, 2.45) is 11.8 Å². The molecule has 1 aliphatic carbocycles. The minimum atomic E-state index is -0.803. The van der Waals surface area contributed by atoms with Crippen LogP contribution in [0.4, 0.5) is 4.39 Å². The summed E-state index contributed by atoms with van der Waals surface area (Å²) in [5.41, 5.74) is 0.255. The van der Waals surface area contributed by atoms with Crippen LogP contribution >= 0.6 is 0 Å². The molecule has 1 amide bonds. The maximum atomic E-state index is 13.0. The summed E-state index contributed by atoms with van der Waals surface area (Å²) in [6.07, 6.45) is 2.34. The molecule has 0 radical (unpaired) electrons. The molecule has 1 aromatic carbocycles. The first-order chi connectivity index (χ1) is 9.08. The van der Waals surface area contributed by atoms with Crippen LogP contribution in [0.2, 0.25) is 0 Å². The van der Waals surface area contributed by atoms with Gasteiger partial charge in [0.15, 0.2) is 0 Å². The monoisotopic (exact) mass is 265 g/mol. The third-order valence-corrected chi connectivity index (χ3v) is 3.59. The summed E-state index contributed by atoms with van der Waals surface area (Å²) < 4.78 is 13.0. The number of aliphatic carboxylic acids is 1. The Kier molecular flexibility index (Phi) is 4.14. The smallest absolute Gasteiger partial charge is 0.306 e. The van der Waals surface area contributed by atoms with Gasteiger partial charge in [0.2, 0.25) is 0 Å². The fourth-order valence-corrected chi connectivity index (χ4v) is 2.56. The molecule has 2 atom stereocenters. The number of benzene rings is 1. The molecule has 0 heterocycles. The van der Waals surface area contributed by atoms with E-state index in [1.807, 2.05) is 0 Å². The van der Waals surface area contributed by atoms with E-state index in [0.29, 0.717) is 13.0 Å². The predicted octanol–water partition coefficient (Wildman–Crippen LogP) is 2.06. The highest BCUT2D eigenvalue weighted by molar-refractivity contribution is 5.94. The Morgan fingerprint density at radius 3 is 2.84 bits per heavy atom. The number of carbonyl (C=O) groups excluding carboxylic acids is 1. The lowest BCUT2D eigenvalue weighted by Crippen LogP contribution is -2.33. The number of carbonyl (C=O) groups is 2. The number of hydrogen-bond donors (Lipinski definition) is 2. The van der Waals surface area contributed by atoms with Crippen LogP contribution < -0.4 is 5.32 Å². The zero-order chi connectivity index (χ0) is 13.8. The summed E-state index contributed by atoms with van der Waals surface area (Å²) in [5, 5.41) is 11.7. The fourth-order valence-electron chi connectivity index (χ4n) is 2.56. The van der Waals surface area contributed by atoms with E-state index in [2.05, 4.69) is 5.32 Å². The number of rotatable bonds is 4. The van der Waals surface area contributed by atoms with Gasteiger partial charge in [-0.1, -0.05) is 12.5 Å². The van der Waals surface area contributed by atoms with Crippen molar-refractivity contribution < 1.29 is 19.1 Å². The Balaban J connectivity index is 1.92. The molecule has 0 saturated heterocycles. The van der Waals surface area contributed by atoms with Crippen LogP contribution in [0.5, 0.6) is 0 Å². The van der Waals surface area contributed by atoms with Crippen LogP contribution in [-0.2, 0) is 4.79 Å². The summed E-state index contributed by atoms with van der Waals surface area (Å²) >= 11 is 0. The molecule has 4 nitrogen and oxygen atoms in total. The van der Waals surface area contributed by atoms with Crippen molar-refractivity contribution in [3.63, 3.8) is 0 Å². The molecule has 0 bridgehead atoms. The average Bonchev–Trinajstić information content (AvgIpc) is 2.84. The van der Waals surface area contributed by atoms with Crippen LogP contribution in [0.1, 0.15) is 29.6 Å². The van der Waals surface area contributed by atoms with Gasteiger partial charge in [-0.25, -0.2) is 4.39 Å². The highest BCUT2D eigenvalue weighted by atomic mass is 19.1. The first-order valence-corrected chi connectivity index (χ1v) is 6.34. The first kappa shape index (κ1) is 13.5. The molecule has 0 aliphatic heterocycles. The van der Waals surface area contributed by atoms with Gasteiger partial charge in [0.1, 0.15) is 5.82 Å². The fraction of sp³-hybridized carbons (Fsp3) is 0.429. The van der Waals surface area contributed by atoms with E-state index >= 15 is 0 Å². The normalized spacial score (nSPS) is 22.2. The van der Waals surface area contributed by atoms with Crippen LogP contribution in [-0.4, -0.2) is 23.5 Å². The van der Waals surface area contributed by atoms with E-state index in [4.69, 9.17) is 5.11 Å². The zero-order valence-corrected chi connectivity index (χ0v) is 10.4. The summed E-state index contributed by atoms with van der Waals surface area (Å²) in [7, 11) is 0. The third-order valence-electron chi connectivity index (χ3n) is 3.59. The number of halogens is 1. The van der Waals surface area contributed by atoms with Gasteiger partial charge < -0.3 is 10.4 Å². The lowest BCUT2D eigenvalue weighted by molar-refractivity contribution is -0.142. The van der Waals surface area contributed by atoms with Crippen molar-refractivity contribution in [2.75, 3.05) is 6.54 Å². The maximum absolute atomic E-state index is 13.0. The van der Waals surface area contributed by atoms with Gasteiger partial charge in [-0.15, -0.1) is 0 Å². The van der Waals surface area contributed by atoms with E-state index in [0.717, 1.165) is 12.8 Å². The van der Waals surface area contributed by atoms with Crippen LogP contribution in [0.25, 0.3) is 0 Å². The number of hydrogen-bond acceptors (Lipinski definition) is 2. The van der Waals surface area contributed by atoms with E-state index in [1.54, 1.807) is 0 Å². The van der Waals surface area contributed by atoms with E-state index in [9.17, 15) is 14.0 Å². The molecule has 1 aromatic rings.